The van der Waals surface area contributed by atoms with Crippen molar-refractivity contribution < 1.29 is 9.53 Å². The minimum absolute atomic E-state index is 0.00848. The molecule has 0 bridgehead atoms. The largest absolute Gasteiger partial charge is 0.491 e. The number of rotatable bonds is 6. The lowest BCUT2D eigenvalue weighted by Gasteiger charge is -2.30. The van der Waals surface area contributed by atoms with Gasteiger partial charge < -0.3 is 10.1 Å². The van der Waals surface area contributed by atoms with Crippen molar-refractivity contribution in [3.63, 3.8) is 0 Å². The fraction of sp³-hybridized carbons (Fsp3) is 0.526. The Kier molecular flexibility index (Phi) is 6.49. The summed E-state index contributed by atoms with van der Waals surface area (Å²) in [5.41, 5.74) is 1.10. The highest BCUT2D eigenvalue weighted by Crippen LogP contribution is 2.18. The molecule has 1 heterocycles. The number of carbonyl (C=O) groups excluding carboxylic acids is 1. The van der Waals surface area contributed by atoms with Crippen molar-refractivity contribution in [2.75, 3.05) is 26.2 Å². The Morgan fingerprint density at radius 2 is 2.13 bits per heavy atom. The second-order valence-corrected chi connectivity index (χ2v) is 6.24. The molecule has 0 unspecified atom stereocenters. The SMILES string of the molecule is C#CCN1CCC(C(=O)N[C@@H](C)COc2ccccc2C)CC1. The summed E-state index contributed by atoms with van der Waals surface area (Å²) in [5, 5.41) is 3.06. The Labute approximate surface area is 139 Å². The average Bonchev–Trinajstić information content (AvgIpc) is 2.55. The van der Waals surface area contributed by atoms with E-state index in [2.05, 4.69) is 16.1 Å². The smallest absolute Gasteiger partial charge is 0.223 e. The van der Waals surface area contributed by atoms with Gasteiger partial charge >= 0.3 is 0 Å². The van der Waals surface area contributed by atoms with Crippen molar-refractivity contribution in [2.24, 2.45) is 5.92 Å². The van der Waals surface area contributed by atoms with E-state index in [1.807, 2.05) is 38.1 Å². The molecule has 1 aromatic rings. The second-order valence-electron chi connectivity index (χ2n) is 6.24. The third-order valence-corrected chi connectivity index (χ3v) is 4.24. The average molecular weight is 314 g/mol. The summed E-state index contributed by atoms with van der Waals surface area (Å²) in [6.45, 7) is 6.94. The molecule has 1 atom stereocenters. The Balaban J connectivity index is 1.73. The summed E-state index contributed by atoms with van der Waals surface area (Å²) in [7, 11) is 0. The van der Waals surface area contributed by atoms with E-state index in [1.54, 1.807) is 0 Å². The molecule has 1 N–H and O–H groups in total. The molecule has 4 heteroatoms. The number of ether oxygens (including phenoxy) is 1. The van der Waals surface area contributed by atoms with E-state index in [9.17, 15) is 4.79 Å². The maximum absolute atomic E-state index is 12.3. The number of hydrogen-bond acceptors (Lipinski definition) is 3. The maximum Gasteiger partial charge on any atom is 0.223 e. The number of hydrogen-bond donors (Lipinski definition) is 1. The number of likely N-dealkylation sites (tertiary alicyclic amines) is 1. The Morgan fingerprint density at radius 1 is 1.43 bits per heavy atom. The van der Waals surface area contributed by atoms with Crippen molar-refractivity contribution in [2.45, 2.75) is 32.7 Å². The number of aryl methyl sites for hydroxylation is 1. The van der Waals surface area contributed by atoms with Crippen molar-refractivity contribution >= 4 is 5.91 Å². The van der Waals surface area contributed by atoms with Crippen LogP contribution < -0.4 is 10.1 Å². The fourth-order valence-electron chi connectivity index (χ4n) is 2.82. The normalized spacial score (nSPS) is 17.3. The van der Waals surface area contributed by atoms with Gasteiger partial charge in [0.1, 0.15) is 12.4 Å². The van der Waals surface area contributed by atoms with Gasteiger partial charge in [-0.05, 0) is 51.4 Å². The number of piperidine rings is 1. The predicted octanol–water partition coefficient (Wildman–Crippen LogP) is 2.22. The van der Waals surface area contributed by atoms with Crippen LogP contribution in [0.5, 0.6) is 5.75 Å². The molecule has 1 saturated heterocycles. The van der Waals surface area contributed by atoms with Crippen molar-refractivity contribution in [3.05, 3.63) is 29.8 Å². The van der Waals surface area contributed by atoms with E-state index >= 15 is 0 Å². The third kappa shape index (κ3) is 5.30. The van der Waals surface area contributed by atoms with E-state index in [1.165, 1.54) is 0 Å². The van der Waals surface area contributed by atoms with Crippen molar-refractivity contribution in [1.82, 2.24) is 10.2 Å². The third-order valence-electron chi connectivity index (χ3n) is 4.24. The van der Waals surface area contributed by atoms with Gasteiger partial charge in [-0.15, -0.1) is 6.42 Å². The first-order valence-electron chi connectivity index (χ1n) is 8.24. The minimum Gasteiger partial charge on any atom is -0.491 e. The second kappa shape index (κ2) is 8.59. The number of amides is 1. The summed E-state index contributed by atoms with van der Waals surface area (Å²) in [4.78, 5) is 14.5. The van der Waals surface area contributed by atoms with Crippen LogP contribution >= 0.6 is 0 Å². The fourth-order valence-corrected chi connectivity index (χ4v) is 2.82. The lowest BCUT2D eigenvalue weighted by atomic mass is 9.95. The zero-order valence-corrected chi connectivity index (χ0v) is 14.0. The lowest BCUT2D eigenvalue weighted by Crippen LogP contribution is -2.44. The monoisotopic (exact) mass is 314 g/mol. The molecule has 0 saturated carbocycles. The number of benzene rings is 1. The molecule has 23 heavy (non-hydrogen) atoms. The van der Waals surface area contributed by atoms with Gasteiger partial charge in [-0.3, -0.25) is 9.69 Å². The summed E-state index contributed by atoms with van der Waals surface area (Å²) in [5.74, 6) is 3.75. The van der Waals surface area contributed by atoms with Crippen LogP contribution in [0.4, 0.5) is 0 Å². The van der Waals surface area contributed by atoms with Crippen LogP contribution in [0.1, 0.15) is 25.3 Å². The highest BCUT2D eigenvalue weighted by molar-refractivity contribution is 5.79. The molecule has 4 nitrogen and oxygen atoms in total. The van der Waals surface area contributed by atoms with Crippen LogP contribution in [0, 0.1) is 25.2 Å². The first-order chi connectivity index (χ1) is 11.1. The quantitative estimate of drug-likeness (QED) is 0.819. The van der Waals surface area contributed by atoms with Gasteiger partial charge in [0.15, 0.2) is 0 Å². The molecule has 1 aliphatic rings. The van der Waals surface area contributed by atoms with Gasteiger partial charge in [0.2, 0.25) is 5.91 Å². The van der Waals surface area contributed by atoms with E-state index in [4.69, 9.17) is 11.2 Å². The topological polar surface area (TPSA) is 41.6 Å². The Hall–Kier alpha value is -1.99. The van der Waals surface area contributed by atoms with E-state index < -0.39 is 0 Å². The number of nitrogens with one attached hydrogen (secondary N) is 1. The number of carbonyl (C=O) groups is 1. The van der Waals surface area contributed by atoms with Crippen LogP contribution in [-0.4, -0.2) is 43.1 Å². The molecule has 1 aromatic carbocycles. The Bertz CT molecular complexity index is 557. The first kappa shape index (κ1) is 17.4. The van der Waals surface area contributed by atoms with Crippen LogP contribution in [0.2, 0.25) is 0 Å². The maximum atomic E-state index is 12.3. The van der Waals surface area contributed by atoms with E-state index in [-0.39, 0.29) is 17.9 Å². The van der Waals surface area contributed by atoms with Crippen LogP contribution in [-0.2, 0) is 4.79 Å². The highest BCUT2D eigenvalue weighted by atomic mass is 16.5. The zero-order valence-electron chi connectivity index (χ0n) is 14.0. The zero-order chi connectivity index (χ0) is 16.7. The van der Waals surface area contributed by atoms with E-state index in [0.29, 0.717) is 13.2 Å². The standard InChI is InChI=1S/C19H26N2O2/c1-4-11-21-12-9-17(10-13-21)19(22)20-16(3)14-23-18-8-6-5-7-15(18)2/h1,5-8,16-17H,9-14H2,2-3H3,(H,20,22)/t16-/m0/s1. The van der Waals surface area contributed by atoms with Gasteiger partial charge in [-0.2, -0.15) is 0 Å². The first-order valence-corrected chi connectivity index (χ1v) is 8.24. The molecule has 0 spiro atoms. The molecule has 2 rings (SSSR count). The summed E-state index contributed by atoms with van der Waals surface area (Å²) >= 11 is 0. The van der Waals surface area contributed by atoms with Crippen LogP contribution in [0.3, 0.4) is 0 Å². The minimum atomic E-state index is -0.00848. The summed E-state index contributed by atoms with van der Waals surface area (Å²) < 4.78 is 5.79. The van der Waals surface area contributed by atoms with Crippen LogP contribution in [0.15, 0.2) is 24.3 Å². The number of para-hydroxylation sites is 1. The molecule has 0 aliphatic carbocycles. The molecular formula is C19H26N2O2. The molecule has 1 amide bonds. The van der Waals surface area contributed by atoms with Crippen molar-refractivity contribution in [3.8, 4) is 18.1 Å². The van der Waals surface area contributed by atoms with Gasteiger partial charge in [0, 0.05) is 5.92 Å². The molecule has 124 valence electrons. The number of terminal acetylenes is 1. The van der Waals surface area contributed by atoms with Gasteiger partial charge in [0.05, 0.1) is 12.6 Å². The van der Waals surface area contributed by atoms with Gasteiger partial charge in [-0.25, -0.2) is 0 Å². The molecular weight excluding hydrogens is 288 g/mol. The molecule has 0 radical (unpaired) electrons. The molecule has 0 aromatic heterocycles. The predicted molar refractivity (Wildman–Crippen MR) is 92.3 cm³/mol. The van der Waals surface area contributed by atoms with E-state index in [0.717, 1.165) is 37.2 Å². The molecule has 1 aliphatic heterocycles. The van der Waals surface area contributed by atoms with Crippen LogP contribution in [0.25, 0.3) is 0 Å². The summed E-state index contributed by atoms with van der Waals surface area (Å²) in [6.07, 6.45) is 7.07. The Morgan fingerprint density at radius 3 is 2.78 bits per heavy atom. The number of nitrogens with zero attached hydrogens (tertiary/aromatic N) is 1. The molecule has 1 fully saturated rings. The van der Waals surface area contributed by atoms with Gasteiger partial charge in [-0.1, -0.05) is 24.1 Å². The highest BCUT2D eigenvalue weighted by Gasteiger charge is 2.25. The van der Waals surface area contributed by atoms with Gasteiger partial charge in [0.25, 0.3) is 0 Å². The van der Waals surface area contributed by atoms with Crippen molar-refractivity contribution in [1.29, 1.82) is 0 Å². The lowest BCUT2D eigenvalue weighted by molar-refractivity contribution is -0.127. The summed E-state index contributed by atoms with van der Waals surface area (Å²) in [6, 6.07) is 7.90.